The number of hydrogen-bond acceptors (Lipinski definition) is 3. The molecule has 1 aliphatic rings. The quantitative estimate of drug-likeness (QED) is 0.852. The van der Waals surface area contributed by atoms with Gasteiger partial charge in [-0.05, 0) is 30.7 Å². The molecule has 1 aromatic heterocycles. The number of carbonyl (C=O) groups is 1. The molecule has 17 heavy (non-hydrogen) atoms. The molecule has 1 unspecified atom stereocenters. The number of thioether (sulfide) groups is 1. The van der Waals surface area contributed by atoms with Crippen molar-refractivity contribution in [1.82, 2.24) is 10.3 Å². The Morgan fingerprint density at radius 1 is 1.47 bits per heavy atom. The van der Waals surface area contributed by atoms with Crippen LogP contribution in [0.2, 0.25) is 10.2 Å². The summed E-state index contributed by atoms with van der Waals surface area (Å²) >= 11 is 13.5. The van der Waals surface area contributed by atoms with E-state index in [-0.39, 0.29) is 22.8 Å². The van der Waals surface area contributed by atoms with Crippen LogP contribution in [0.3, 0.4) is 0 Å². The van der Waals surface area contributed by atoms with Crippen molar-refractivity contribution in [2.75, 3.05) is 11.5 Å². The number of halogens is 2. The Bertz CT molecular complexity index is 422. The predicted molar refractivity (Wildman–Crippen MR) is 72.1 cm³/mol. The van der Waals surface area contributed by atoms with Crippen LogP contribution in [-0.4, -0.2) is 28.4 Å². The molecule has 3 nitrogen and oxygen atoms in total. The highest BCUT2D eigenvalue weighted by Crippen LogP contribution is 2.19. The van der Waals surface area contributed by atoms with Gasteiger partial charge < -0.3 is 5.32 Å². The van der Waals surface area contributed by atoms with Gasteiger partial charge in [0.25, 0.3) is 5.91 Å². The highest BCUT2D eigenvalue weighted by molar-refractivity contribution is 7.99. The molecule has 92 valence electrons. The Labute approximate surface area is 114 Å². The third-order valence-corrected chi connectivity index (χ3v) is 4.25. The van der Waals surface area contributed by atoms with Crippen LogP contribution in [0, 0.1) is 0 Å². The van der Waals surface area contributed by atoms with Gasteiger partial charge in [0.1, 0.15) is 10.8 Å². The molecule has 0 aliphatic carbocycles. The van der Waals surface area contributed by atoms with E-state index in [2.05, 4.69) is 10.3 Å². The predicted octanol–water partition coefficient (Wildman–Crippen LogP) is 3.01. The minimum absolute atomic E-state index is 0.203. The van der Waals surface area contributed by atoms with Crippen molar-refractivity contribution in [1.29, 1.82) is 0 Å². The van der Waals surface area contributed by atoms with Crippen molar-refractivity contribution < 1.29 is 4.79 Å². The lowest BCUT2D eigenvalue weighted by atomic mass is 10.2. The summed E-state index contributed by atoms with van der Waals surface area (Å²) in [7, 11) is 0. The third-order valence-electron chi connectivity index (χ3n) is 2.52. The molecular weight excluding hydrogens is 279 g/mol. The summed E-state index contributed by atoms with van der Waals surface area (Å²) in [6.45, 7) is 0. The van der Waals surface area contributed by atoms with Gasteiger partial charge in [-0.25, -0.2) is 4.98 Å². The summed E-state index contributed by atoms with van der Waals surface area (Å²) < 4.78 is 0. The fourth-order valence-electron chi connectivity index (χ4n) is 1.69. The second kappa shape index (κ2) is 5.94. The van der Waals surface area contributed by atoms with E-state index >= 15 is 0 Å². The Kier molecular flexibility index (Phi) is 4.54. The van der Waals surface area contributed by atoms with E-state index in [0.717, 1.165) is 18.6 Å². The van der Waals surface area contributed by atoms with Gasteiger partial charge in [0, 0.05) is 11.8 Å². The van der Waals surface area contributed by atoms with Crippen LogP contribution in [0.5, 0.6) is 0 Å². The van der Waals surface area contributed by atoms with Crippen LogP contribution in [-0.2, 0) is 0 Å². The first-order valence-corrected chi connectivity index (χ1v) is 7.28. The molecule has 0 aromatic carbocycles. The molecule has 2 rings (SSSR count). The number of carbonyl (C=O) groups excluding carboxylic acids is 1. The molecule has 0 spiro atoms. The monoisotopic (exact) mass is 290 g/mol. The summed E-state index contributed by atoms with van der Waals surface area (Å²) in [6, 6.07) is 3.36. The van der Waals surface area contributed by atoms with Crippen molar-refractivity contribution in [3.05, 3.63) is 28.0 Å². The molecule has 1 fully saturated rings. The summed E-state index contributed by atoms with van der Waals surface area (Å²) in [6.07, 6.45) is 2.14. The van der Waals surface area contributed by atoms with Gasteiger partial charge in [-0.15, -0.1) is 0 Å². The second-order valence-corrected chi connectivity index (χ2v) is 5.80. The standard InChI is InChI=1S/C11H12Cl2N2OS/c12-8-3-4-9(13)15-10(8)11(16)14-7-2-1-5-17-6-7/h3-4,7H,1-2,5-6H2,(H,14,16). The fourth-order valence-corrected chi connectivity index (χ4v) is 3.10. The molecule has 1 aromatic rings. The first-order valence-electron chi connectivity index (χ1n) is 5.37. The molecule has 0 saturated carbocycles. The third kappa shape index (κ3) is 3.50. The number of rotatable bonds is 2. The average Bonchev–Trinajstić information content (AvgIpc) is 2.33. The van der Waals surface area contributed by atoms with Crippen LogP contribution in [0.15, 0.2) is 12.1 Å². The highest BCUT2D eigenvalue weighted by atomic mass is 35.5. The minimum atomic E-state index is -0.245. The van der Waals surface area contributed by atoms with Crippen LogP contribution >= 0.6 is 35.0 Å². The van der Waals surface area contributed by atoms with E-state index in [1.54, 1.807) is 12.1 Å². The topological polar surface area (TPSA) is 42.0 Å². The number of amides is 1. The van der Waals surface area contributed by atoms with Crippen molar-refractivity contribution in [3.8, 4) is 0 Å². The maximum Gasteiger partial charge on any atom is 0.271 e. The Balaban J connectivity index is 2.05. The van der Waals surface area contributed by atoms with Gasteiger partial charge in [-0.2, -0.15) is 11.8 Å². The first-order chi connectivity index (χ1) is 8.16. The minimum Gasteiger partial charge on any atom is -0.347 e. The van der Waals surface area contributed by atoms with Crippen LogP contribution in [0.25, 0.3) is 0 Å². The maximum absolute atomic E-state index is 12.0. The van der Waals surface area contributed by atoms with E-state index in [1.807, 2.05) is 11.8 Å². The van der Waals surface area contributed by atoms with Gasteiger partial charge in [0.05, 0.1) is 5.02 Å². The highest BCUT2D eigenvalue weighted by Gasteiger charge is 2.19. The molecule has 1 N–H and O–H groups in total. The lowest BCUT2D eigenvalue weighted by Gasteiger charge is -2.22. The molecule has 0 radical (unpaired) electrons. The van der Waals surface area contributed by atoms with E-state index < -0.39 is 0 Å². The van der Waals surface area contributed by atoms with Gasteiger partial charge in [0.15, 0.2) is 0 Å². The number of hydrogen-bond donors (Lipinski definition) is 1. The summed E-state index contributed by atoms with van der Waals surface area (Å²) in [4.78, 5) is 15.9. The van der Waals surface area contributed by atoms with Crippen molar-refractivity contribution >= 4 is 40.9 Å². The van der Waals surface area contributed by atoms with Gasteiger partial charge in [0.2, 0.25) is 0 Å². The van der Waals surface area contributed by atoms with Crippen LogP contribution in [0.4, 0.5) is 0 Å². The summed E-state index contributed by atoms with van der Waals surface area (Å²) in [5.74, 6) is 1.87. The molecule has 6 heteroatoms. The first kappa shape index (κ1) is 13.0. The van der Waals surface area contributed by atoms with Gasteiger partial charge in [-0.3, -0.25) is 4.79 Å². The molecule has 1 saturated heterocycles. The van der Waals surface area contributed by atoms with Crippen molar-refractivity contribution in [2.24, 2.45) is 0 Å². The number of nitrogens with one attached hydrogen (secondary N) is 1. The Hall–Kier alpha value is -0.450. The molecule has 2 heterocycles. The van der Waals surface area contributed by atoms with Crippen LogP contribution < -0.4 is 5.32 Å². The average molecular weight is 291 g/mol. The molecule has 1 atom stereocenters. The van der Waals surface area contributed by atoms with Gasteiger partial charge in [-0.1, -0.05) is 23.2 Å². The van der Waals surface area contributed by atoms with E-state index in [4.69, 9.17) is 23.2 Å². The zero-order valence-electron chi connectivity index (χ0n) is 9.08. The molecule has 1 aliphatic heterocycles. The fraction of sp³-hybridized carbons (Fsp3) is 0.455. The van der Waals surface area contributed by atoms with Crippen molar-refractivity contribution in [3.63, 3.8) is 0 Å². The Morgan fingerprint density at radius 3 is 3.00 bits per heavy atom. The van der Waals surface area contributed by atoms with E-state index in [1.165, 1.54) is 5.75 Å². The molecular formula is C11H12Cl2N2OS. The lowest BCUT2D eigenvalue weighted by Crippen LogP contribution is -2.38. The normalized spacial score (nSPS) is 20.0. The lowest BCUT2D eigenvalue weighted by molar-refractivity contribution is 0.0934. The largest absolute Gasteiger partial charge is 0.347 e. The van der Waals surface area contributed by atoms with Gasteiger partial charge >= 0.3 is 0 Å². The molecule has 1 amide bonds. The molecule has 0 bridgehead atoms. The number of aromatic nitrogens is 1. The maximum atomic E-state index is 12.0. The SMILES string of the molecule is O=C(NC1CCCSC1)c1nc(Cl)ccc1Cl. The smallest absolute Gasteiger partial charge is 0.271 e. The van der Waals surface area contributed by atoms with E-state index in [9.17, 15) is 4.79 Å². The zero-order chi connectivity index (χ0) is 12.3. The summed E-state index contributed by atoms with van der Waals surface area (Å²) in [5, 5.41) is 3.54. The zero-order valence-corrected chi connectivity index (χ0v) is 11.4. The number of nitrogens with zero attached hydrogens (tertiary/aromatic N) is 1. The number of pyridine rings is 1. The van der Waals surface area contributed by atoms with E-state index in [0.29, 0.717) is 5.02 Å². The van der Waals surface area contributed by atoms with Crippen molar-refractivity contribution in [2.45, 2.75) is 18.9 Å². The summed E-state index contributed by atoms with van der Waals surface area (Å²) in [5.41, 5.74) is 0.203. The Morgan fingerprint density at radius 2 is 2.29 bits per heavy atom. The van der Waals surface area contributed by atoms with Crippen LogP contribution in [0.1, 0.15) is 23.3 Å². The second-order valence-electron chi connectivity index (χ2n) is 3.85.